The molecule has 124 valence electrons. The van der Waals surface area contributed by atoms with Crippen molar-refractivity contribution in [2.24, 2.45) is 0 Å². The van der Waals surface area contributed by atoms with Gasteiger partial charge in [0.1, 0.15) is 0 Å². The lowest BCUT2D eigenvalue weighted by atomic mass is 10.1. The molecule has 8 nitrogen and oxygen atoms in total. The fourth-order valence-electron chi connectivity index (χ4n) is 2.29. The quantitative estimate of drug-likeness (QED) is 0.802. The van der Waals surface area contributed by atoms with Gasteiger partial charge in [-0.25, -0.2) is 0 Å². The van der Waals surface area contributed by atoms with E-state index in [1.165, 1.54) is 10.9 Å². The maximum Gasteiger partial charge on any atom is 0.305 e. The molecule has 0 bridgehead atoms. The Morgan fingerprint density at radius 2 is 2.09 bits per heavy atom. The van der Waals surface area contributed by atoms with Crippen LogP contribution in [0.15, 0.2) is 18.6 Å². The van der Waals surface area contributed by atoms with Crippen molar-refractivity contribution in [1.82, 2.24) is 24.9 Å². The van der Waals surface area contributed by atoms with E-state index in [1.54, 1.807) is 6.20 Å². The van der Waals surface area contributed by atoms with Gasteiger partial charge in [-0.2, -0.15) is 10.2 Å². The maximum atomic E-state index is 12.3. The van der Waals surface area contributed by atoms with Gasteiger partial charge >= 0.3 is 5.97 Å². The number of aliphatic carboxylic acids is 1. The third-order valence-corrected chi connectivity index (χ3v) is 3.57. The zero-order chi connectivity index (χ0) is 17.0. The maximum absolute atomic E-state index is 12.3. The summed E-state index contributed by atoms with van der Waals surface area (Å²) in [5.41, 5.74) is 2.26. The van der Waals surface area contributed by atoms with Crippen LogP contribution in [0.3, 0.4) is 0 Å². The first-order valence-electron chi connectivity index (χ1n) is 7.49. The van der Waals surface area contributed by atoms with Crippen LogP contribution in [0.4, 0.5) is 0 Å². The van der Waals surface area contributed by atoms with E-state index in [4.69, 9.17) is 5.11 Å². The monoisotopic (exact) mass is 319 g/mol. The molecular weight excluding hydrogens is 298 g/mol. The number of aromatic nitrogens is 4. The SMILES string of the molecule is CCn1cc(C(C)NC(=O)c2cnn(CCC(=O)O)c2)c(C)n1. The van der Waals surface area contributed by atoms with Crippen LogP contribution in [0.5, 0.6) is 0 Å². The van der Waals surface area contributed by atoms with Crippen molar-refractivity contribution in [2.75, 3.05) is 0 Å². The Morgan fingerprint density at radius 3 is 2.70 bits per heavy atom. The normalized spacial score (nSPS) is 12.1. The fourth-order valence-corrected chi connectivity index (χ4v) is 2.29. The zero-order valence-corrected chi connectivity index (χ0v) is 13.5. The average Bonchev–Trinajstić information content (AvgIpc) is 3.11. The van der Waals surface area contributed by atoms with Crippen molar-refractivity contribution in [1.29, 1.82) is 0 Å². The number of hydrogen-bond acceptors (Lipinski definition) is 4. The van der Waals surface area contributed by atoms with E-state index in [0.29, 0.717) is 5.56 Å². The highest BCUT2D eigenvalue weighted by molar-refractivity contribution is 5.93. The van der Waals surface area contributed by atoms with Crippen LogP contribution in [-0.2, 0) is 17.9 Å². The van der Waals surface area contributed by atoms with Gasteiger partial charge in [-0.1, -0.05) is 0 Å². The standard InChI is InChI=1S/C15H21N5O3/c1-4-19-9-13(11(3)18-19)10(2)17-15(23)12-7-16-20(8-12)6-5-14(21)22/h7-10H,4-6H2,1-3H3,(H,17,23)(H,21,22). The van der Waals surface area contributed by atoms with Gasteiger partial charge in [0, 0.05) is 24.5 Å². The predicted octanol–water partition coefficient (Wildman–Crippen LogP) is 1.37. The minimum absolute atomic E-state index is 0.0332. The summed E-state index contributed by atoms with van der Waals surface area (Å²) < 4.78 is 3.28. The number of aryl methyl sites for hydroxylation is 3. The highest BCUT2D eigenvalue weighted by atomic mass is 16.4. The number of nitrogens with one attached hydrogen (secondary N) is 1. The van der Waals surface area contributed by atoms with Gasteiger partial charge in [-0.15, -0.1) is 0 Å². The average molecular weight is 319 g/mol. The van der Waals surface area contributed by atoms with Crippen LogP contribution in [0.1, 0.15) is 47.9 Å². The molecular formula is C15H21N5O3. The molecule has 0 radical (unpaired) electrons. The van der Waals surface area contributed by atoms with E-state index in [-0.39, 0.29) is 24.9 Å². The van der Waals surface area contributed by atoms with Crippen molar-refractivity contribution >= 4 is 11.9 Å². The first kappa shape index (κ1) is 16.7. The van der Waals surface area contributed by atoms with Gasteiger partial charge < -0.3 is 10.4 Å². The Hall–Kier alpha value is -2.64. The molecule has 0 saturated carbocycles. The molecule has 0 aliphatic carbocycles. The van der Waals surface area contributed by atoms with Crippen LogP contribution < -0.4 is 5.32 Å². The summed E-state index contributed by atoms with van der Waals surface area (Å²) in [4.78, 5) is 22.8. The van der Waals surface area contributed by atoms with Crippen molar-refractivity contribution < 1.29 is 14.7 Å². The largest absolute Gasteiger partial charge is 0.481 e. The van der Waals surface area contributed by atoms with Gasteiger partial charge in [0.2, 0.25) is 0 Å². The van der Waals surface area contributed by atoms with Crippen LogP contribution in [0.2, 0.25) is 0 Å². The Balaban J connectivity index is 2.00. The highest BCUT2D eigenvalue weighted by Crippen LogP contribution is 2.16. The number of amides is 1. The Kier molecular flexibility index (Phi) is 5.15. The van der Waals surface area contributed by atoms with Gasteiger partial charge in [0.05, 0.1) is 36.5 Å². The van der Waals surface area contributed by atoms with Crippen LogP contribution in [-0.4, -0.2) is 36.5 Å². The van der Waals surface area contributed by atoms with E-state index >= 15 is 0 Å². The third-order valence-electron chi connectivity index (χ3n) is 3.57. The molecule has 0 saturated heterocycles. The molecule has 1 amide bonds. The zero-order valence-electron chi connectivity index (χ0n) is 13.5. The summed E-state index contributed by atoms with van der Waals surface area (Å²) in [6.07, 6.45) is 4.88. The van der Waals surface area contributed by atoms with Crippen molar-refractivity contribution in [2.45, 2.75) is 46.3 Å². The molecule has 1 unspecified atom stereocenters. The van der Waals surface area contributed by atoms with Crippen LogP contribution in [0, 0.1) is 6.92 Å². The van der Waals surface area contributed by atoms with Gasteiger partial charge in [0.15, 0.2) is 0 Å². The topological polar surface area (TPSA) is 102 Å². The number of nitrogens with zero attached hydrogens (tertiary/aromatic N) is 4. The molecule has 0 fully saturated rings. The van der Waals surface area contributed by atoms with Crippen molar-refractivity contribution in [3.05, 3.63) is 35.4 Å². The molecule has 0 aliphatic heterocycles. The number of carboxylic acids is 1. The lowest BCUT2D eigenvalue weighted by molar-refractivity contribution is -0.137. The first-order chi connectivity index (χ1) is 10.9. The number of carboxylic acid groups (broad SMARTS) is 1. The number of carbonyl (C=O) groups is 2. The molecule has 1 atom stereocenters. The molecule has 8 heteroatoms. The molecule has 23 heavy (non-hydrogen) atoms. The van der Waals surface area contributed by atoms with E-state index in [0.717, 1.165) is 17.8 Å². The molecule has 0 aromatic carbocycles. The van der Waals surface area contributed by atoms with Crippen molar-refractivity contribution in [3.63, 3.8) is 0 Å². The van der Waals surface area contributed by atoms with E-state index in [9.17, 15) is 9.59 Å². The van der Waals surface area contributed by atoms with Crippen LogP contribution in [0.25, 0.3) is 0 Å². The molecule has 2 aromatic rings. The third kappa shape index (κ3) is 4.18. The lowest BCUT2D eigenvalue weighted by Gasteiger charge is -2.12. The number of carbonyl (C=O) groups excluding carboxylic acids is 1. The minimum Gasteiger partial charge on any atom is -0.481 e. The molecule has 0 spiro atoms. The summed E-state index contributed by atoms with van der Waals surface area (Å²) in [6, 6.07) is -0.176. The lowest BCUT2D eigenvalue weighted by Crippen LogP contribution is -2.26. The van der Waals surface area contributed by atoms with E-state index in [1.807, 2.05) is 31.6 Å². The van der Waals surface area contributed by atoms with E-state index < -0.39 is 5.97 Å². The summed E-state index contributed by atoms with van der Waals surface area (Å²) in [7, 11) is 0. The smallest absolute Gasteiger partial charge is 0.305 e. The Labute approximate surface area is 134 Å². The predicted molar refractivity (Wildman–Crippen MR) is 83.0 cm³/mol. The highest BCUT2D eigenvalue weighted by Gasteiger charge is 2.17. The number of hydrogen-bond donors (Lipinski definition) is 2. The van der Waals surface area contributed by atoms with Gasteiger partial charge in [0.25, 0.3) is 5.91 Å². The van der Waals surface area contributed by atoms with Crippen LogP contribution >= 0.6 is 0 Å². The van der Waals surface area contributed by atoms with E-state index in [2.05, 4.69) is 15.5 Å². The summed E-state index contributed by atoms with van der Waals surface area (Å²) >= 11 is 0. The van der Waals surface area contributed by atoms with Gasteiger partial charge in [-0.05, 0) is 20.8 Å². The summed E-state index contributed by atoms with van der Waals surface area (Å²) in [5, 5.41) is 19.9. The molecule has 2 N–H and O–H groups in total. The second-order valence-corrected chi connectivity index (χ2v) is 5.36. The second-order valence-electron chi connectivity index (χ2n) is 5.36. The molecule has 2 rings (SSSR count). The number of rotatable bonds is 7. The summed E-state index contributed by atoms with van der Waals surface area (Å²) in [5.74, 6) is -1.15. The molecule has 2 heterocycles. The Bertz CT molecular complexity index is 704. The second kappa shape index (κ2) is 7.08. The molecule has 2 aromatic heterocycles. The van der Waals surface area contributed by atoms with Crippen molar-refractivity contribution in [3.8, 4) is 0 Å². The van der Waals surface area contributed by atoms with Gasteiger partial charge in [-0.3, -0.25) is 19.0 Å². The first-order valence-corrected chi connectivity index (χ1v) is 7.49. The summed E-state index contributed by atoms with van der Waals surface area (Å²) in [6.45, 7) is 6.83. The fraction of sp³-hybridized carbons (Fsp3) is 0.467. The minimum atomic E-state index is -0.900. The Morgan fingerprint density at radius 1 is 1.35 bits per heavy atom. The molecule has 0 aliphatic rings.